The van der Waals surface area contributed by atoms with E-state index in [1.165, 1.54) is 12.0 Å². The molecular weight excluding hydrogens is 448 g/mol. The van der Waals surface area contributed by atoms with Crippen molar-refractivity contribution in [3.63, 3.8) is 0 Å². The van der Waals surface area contributed by atoms with Gasteiger partial charge in [-0.2, -0.15) is 0 Å². The average Bonchev–Trinajstić information content (AvgIpc) is 3.08. The number of aliphatic hydroxyl groups excluding tert-OH is 1. The Bertz CT molecular complexity index is 1090. The Hall–Kier alpha value is -3.52. The molecule has 0 spiro atoms. The monoisotopic (exact) mass is 482 g/mol. The molecule has 1 saturated heterocycles. The van der Waals surface area contributed by atoms with Crippen LogP contribution in [0.3, 0.4) is 0 Å². The third kappa shape index (κ3) is 5.77. The molecule has 2 aromatic rings. The van der Waals surface area contributed by atoms with Gasteiger partial charge in [0.25, 0.3) is 11.7 Å². The second kappa shape index (κ2) is 11.3. The fourth-order valence-corrected chi connectivity index (χ4v) is 4.15. The molecule has 0 saturated carbocycles. The molecule has 0 radical (unpaired) electrons. The summed E-state index contributed by atoms with van der Waals surface area (Å²) in [4.78, 5) is 29.9. The minimum absolute atomic E-state index is 0.00414. The zero-order valence-corrected chi connectivity index (χ0v) is 21.2. The van der Waals surface area contributed by atoms with Crippen molar-refractivity contribution in [2.24, 2.45) is 0 Å². The van der Waals surface area contributed by atoms with Crippen molar-refractivity contribution < 1.29 is 28.9 Å². The maximum Gasteiger partial charge on any atom is 0.295 e. The quantitative estimate of drug-likeness (QED) is 0.312. The van der Waals surface area contributed by atoms with Crippen LogP contribution in [0.2, 0.25) is 0 Å². The van der Waals surface area contributed by atoms with Crippen LogP contribution in [-0.4, -0.2) is 74.1 Å². The SMILES string of the molecule is COc1ccc(C2/C(=C(\O)c3ccc(OC(C)C)cc3)C(=O)C(=O)N2CCCN(C)C)c(OC)c1. The predicted octanol–water partition coefficient (Wildman–Crippen LogP) is 3.86. The maximum atomic E-state index is 13.2. The number of hydrogen-bond acceptors (Lipinski definition) is 7. The summed E-state index contributed by atoms with van der Waals surface area (Å²) in [5.41, 5.74) is 1.05. The highest BCUT2D eigenvalue weighted by molar-refractivity contribution is 6.46. The van der Waals surface area contributed by atoms with E-state index >= 15 is 0 Å². The molecule has 1 fully saturated rings. The van der Waals surface area contributed by atoms with Crippen molar-refractivity contribution in [1.29, 1.82) is 0 Å². The minimum atomic E-state index is -0.801. The van der Waals surface area contributed by atoms with E-state index in [9.17, 15) is 14.7 Å². The molecule has 1 aliphatic heterocycles. The first-order valence-corrected chi connectivity index (χ1v) is 11.6. The molecule has 0 aliphatic carbocycles. The number of ether oxygens (including phenoxy) is 3. The number of ketones is 1. The van der Waals surface area contributed by atoms with Crippen LogP contribution in [-0.2, 0) is 9.59 Å². The summed E-state index contributed by atoms with van der Waals surface area (Å²) in [6, 6.07) is 11.2. The number of amides is 1. The Morgan fingerprint density at radius 3 is 2.26 bits per heavy atom. The Kier molecular flexibility index (Phi) is 8.40. The molecule has 1 heterocycles. The lowest BCUT2D eigenvalue weighted by atomic mass is 9.94. The Morgan fingerprint density at radius 2 is 1.69 bits per heavy atom. The second-order valence-electron chi connectivity index (χ2n) is 8.95. The normalized spacial score (nSPS) is 17.4. The molecule has 0 aromatic heterocycles. The summed E-state index contributed by atoms with van der Waals surface area (Å²) >= 11 is 0. The van der Waals surface area contributed by atoms with Gasteiger partial charge >= 0.3 is 0 Å². The molecule has 0 bridgehead atoms. The zero-order chi connectivity index (χ0) is 25.7. The Morgan fingerprint density at radius 1 is 1.03 bits per heavy atom. The number of Topliss-reactive ketones (excluding diaryl/α,β-unsaturated/α-hetero) is 1. The highest BCUT2D eigenvalue weighted by Gasteiger charge is 2.46. The fourth-order valence-electron chi connectivity index (χ4n) is 4.15. The molecule has 3 rings (SSSR count). The van der Waals surface area contributed by atoms with Crippen molar-refractivity contribution in [1.82, 2.24) is 9.80 Å². The number of methoxy groups -OCH3 is 2. The lowest BCUT2D eigenvalue weighted by Gasteiger charge is -2.27. The first-order chi connectivity index (χ1) is 16.7. The van der Waals surface area contributed by atoms with E-state index in [2.05, 4.69) is 0 Å². The standard InChI is InChI=1S/C27H34N2O6/c1-17(2)35-19-10-8-18(9-11-19)25(30)23-24(21-13-12-20(33-5)16-22(21)34-6)29(27(32)26(23)31)15-7-14-28(3)4/h8-13,16-17,24,30H,7,14-15H2,1-6H3/b25-23+. The third-order valence-electron chi connectivity index (χ3n) is 5.78. The average molecular weight is 483 g/mol. The van der Waals surface area contributed by atoms with E-state index in [-0.39, 0.29) is 17.4 Å². The Labute approximate surface area is 206 Å². The van der Waals surface area contributed by atoms with E-state index in [4.69, 9.17) is 14.2 Å². The second-order valence-corrected chi connectivity index (χ2v) is 8.95. The predicted molar refractivity (Wildman–Crippen MR) is 134 cm³/mol. The van der Waals surface area contributed by atoms with E-state index in [1.807, 2.05) is 32.8 Å². The van der Waals surface area contributed by atoms with Gasteiger partial charge in [-0.05, 0) is 77.3 Å². The summed E-state index contributed by atoms with van der Waals surface area (Å²) in [5, 5.41) is 11.3. The summed E-state index contributed by atoms with van der Waals surface area (Å²) in [5.74, 6) is 0.0773. The van der Waals surface area contributed by atoms with Crippen LogP contribution in [0.1, 0.15) is 37.4 Å². The first kappa shape index (κ1) is 26.1. The highest BCUT2D eigenvalue weighted by Crippen LogP contribution is 2.43. The summed E-state index contributed by atoms with van der Waals surface area (Å²) < 4.78 is 16.6. The number of aliphatic hydroxyl groups is 1. The molecular formula is C27H34N2O6. The lowest BCUT2D eigenvalue weighted by molar-refractivity contribution is -0.140. The number of carbonyl (C=O) groups excluding carboxylic acids is 2. The van der Waals surface area contributed by atoms with Crippen molar-refractivity contribution in [3.8, 4) is 17.2 Å². The van der Waals surface area contributed by atoms with Crippen molar-refractivity contribution in [2.45, 2.75) is 32.4 Å². The molecule has 1 aliphatic rings. The van der Waals surface area contributed by atoms with Crippen molar-refractivity contribution >= 4 is 17.4 Å². The van der Waals surface area contributed by atoms with Crippen LogP contribution >= 0.6 is 0 Å². The first-order valence-electron chi connectivity index (χ1n) is 11.6. The van der Waals surface area contributed by atoms with Crippen LogP contribution in [0.5, 0.6) is 17.2 Å². The number of carbonyl (C=O) groups is 2. The number of benzene rings is 2. The maximum absolute atomic E-state index is 13.2. The van der Waals surface area contributed by atoms with E-state index in [0.29, 0.717) is 41.3 Å². The van der Waals surface area contributed by atoms with Crippen molar-refractivity contribution in [3.05, 3.63) is 59.2 Å². The highest BCUT2D eigenvalue weighted by atomic mass is 16.5. The van der Waals surface area contributed by atoms with Gasteiger partial charge in [0, 0.05) is 23.7 Å². The summed E-state index contributed by atoms with van der Waals surface area (Å²) in [7, 11) is 6.97. The molecule has 1 amide bonds. The van der Waals surface area contributed by atoms with Gasteiger partial charge in [-0.3, -0.25) is 9.59 Å². The molecule has 2 aromatic carbocycles. The topological polar surface area (TPSA) is 88.5 Å². The fraction of sp³-hybridized carbons (Fsp3) is 0.407. The molecule has 8 heteroatoms. The number of rotatable bonds is 10. The lowest BCUT2D eigenvalue weighted by Crippen LogP contribution is -2.32. The summed E-state index contributed by atoms with van der Waals surface area (Å²) in [6.07, 6.45) is 0.667. The van der Waals surface area contributed by atoms with Crippen LogP contribution in [0.4, 0.5) is 0 Å². The number of likely N-dealkylation sites (tertiary alicyclic amines) is 1. The van der Waals surface area contributed by atoms with Crippen LogP contribution in [0.15, 0.2) is 48.0 Å². The van der Waals surface area contributed by atoms with Crippen LogP contribution in [0, 0.1) is 0 Å². The molecule has 35 heavy (non-hydrogen) atoms. The third-order valence-corrected chi connectivity index (χ3v) is 5.78. The molecule has 188 valence electrons. The van der Waals surface area contributed by atoms with Gasteiger partial charge in [-0.15, -0.1) is 0 Å². The zero-order valence-electron chi connectivity index (χ0n) is 21.2. The summed E-state index contributed by atoms with van der Waals surface area (Å²) in [6.45, 7) is 4.94. The van der Waals surface area contributed by atoms with Gasteiger partial charge in [0.15, 0.2) is 0 Å². The van der Waals surface area contributed by atoms with Gasteiger partial charge < -0.3 is 29.1 Å². The van der Waals surface area contributed by atoms with Crippen LogP contribution < -0.4 is 14.2 Å². The molecule has 8 nitrogen and oxygen atoms in total. The van der Waals surface area contributed by atoms with E-state index in [0.717, 1.165) is 6.54 Å². The smallest absolute Gasteiger partial charge is 0.295 e. The number of nitrogens with zero attached hydrogens (tertiary/aromatic N) is 2. The number of hydrogen-bond donors (Lipinski definition) is 1. The molecule has 1 atom stereocenters. The Balaban J connectivity index is 2.12. The van der Waals surface area contributed by atoms with E-state index < -0.39 is 17.7 Å². The molecule has 1 unspecified atom stereocenters. The largest absolute Gasteiger partial charge is 0.507 e. The van der Waals surface area contributed by atoms with Gasteiger partial charge in [-0.25, -0.2) is 0 Å². The molecule has 1 N–H and O–H groups in total. The van der Waals surface area contributed by atoms with Gasteiger partial charge in [0.1, 0.15) is 23.0 Å². The van der Waals surface area contributed by atoms with Crippen LogP contribution in [0.25, 0.3) is 5.76 Å². The van der Waals surface area contributed by atoms with E-state index in [1.54, 1.807) is 49.6 Å². The van der Waals surface area contributed by atoms with Gasteiger partial charge in [-0.1, -0.05) is 0 Å². The van der Waals surface area contributed by atoms with Gasteiger partial charge in [0.05, 0.1) is 31.9 Å². The van der Waals surface area contributed by atoms with Crippen molar-refractivity contribution in [2.75, 3.05) is 41.4 Å². The minimum Gasteiger partial charge on any atom is -0.507 e. The van der Waals surface area contributed by atoms with Gasteiger partial charge in [0.2, 0.25) is 0 Å².